The van der Waals surface area contributed by atoms with Crippen molar-refractivity contribution in [2.45, 2.75) is 18.9 Å². The van der Waals surface area contributed by atoms with Gasteiger partial charge in [-0.25, -0.2) is 0 Å². The first-order valence-corrected chi connectivity index (χ1v) is 7.76. The van der Waals surface area contributed by atoms with Gasteiger partial charge in [0.05, 0.1) is 14.2 Å². The maximum Gasteiger partial charge on any atom is 0.224 e. The lowest BCUT2D eigenvalue weighted by atomic mass is 10.1. The van der Waals surface area contributed by atoms with Gasteiger partial charge in [0.15, 0.2) is 0 Å². The van der Waals surface area contributed by atoms with Gasteiger partial charge in [0, 0.05) is 18.0 Å². The highest BCUT2D eigenvalue weighted by Gasteiger charge is 2.43. The van der Waals surface area contributed by atoms with Crippen LogP contribution in [-0.4, -0.2) is 20.1 Å². The molecule has 23 heavy (non-hydrogen) atoms. The zero-order valence-electron chi connectivity index (χ0n) is 13.4. The Hall–Kier alpha value is -2.49. The molecule has 0 aliphatic heterocycles. The van der Waals surface area contributed by atoms with Crippen LogP contribution in [-0.2, 0) is 11.3 Å². The molecule has 0 spiro atoms. The summed E-state index contributed by atoms with van der Waals surface area (Å²) in [7, 11) is 3.29. The summed E-state index contributed by atoms with van der Waals surface area (Å²) >= 11 is 0. The third-order valence-corrected chi connectivity index (χ3v) is 4.32. The van der Waals surface area contributed by atoms with Gasteiger partial charge in [-0.05, 0) is 36.1 Å². The van der Waals surface area contributed by atoms with E-state index >= 15 is 0 Å². The summed E-state index contributed by atoms with van der Waals surface area (Å²) in [4.78, 5) is 12.3. The number of rotatable bonds is 6. The van der Waals surface area contributed by atoms with E-state index < -0.39 is 0 Å². The van der Waals surface area contributed by atoms with E-state index in [0.29, 0.717) is 12.5 Å². The second-order valence-electron chi connectivity index (χ2n) is 5.75. The average molecular weight is 311 g/mol. The molecule has 4 nitrogen and oxygen atoms in total. The fourth-order valence-corrected chi connectivity index (χ4v) is 2.87. The minimum Gasteiger partial charge on any atom is -0.497 e. The lowest BCUT2D eigenvalue weighted by Gasteiger charge is -2.09. The molecule has 4 heteroatoms. The second-order valence-corrected chi connectivity index (χ2v) is 5.75. The van der Waals surface area contributed by atoms with Crippen molar-refractivity contribution in [3.63, 3.8) is 0 Å². The lowest BCUT2D eigenvalue weighted by molar-refractivity contribution is -0.122. The maximum absolute atomic E-state index is 12.3. The van der Waals surface area contributed by atoms with E-state index in [1.807, 2.05) is 48.5 Å². The number of nitrogens with one attached hydrogen (secondary N) is 1. The number of ether oxygens (including phenoxy) is 2. The molecule has 2 aromatic carbocycles. The molecular formula is C19H21NO3. The van der Waals surface area contributed by atoms with Crippen LogP contribution >= 0.6 is 0 Å². The molecule has 2 atom stereocenters. The summed E-state index contributed by atoms with van der Waals surface area (Å²) in [5, 5.41) is 3.01. The van der Waals surface area contributed by atoms with Crippen molar-refractivity contribution in [2.75, 3.05) is 14.2 Å². The van der Waals surface area contributed by atoms with Gasteiger partial charge in [0.1, 0.15) is 11.5 Å². The van der Waals surface area contributed by atoms with Crippen molar-refractivity contribution in [1.82, 2.24) is 5.32 Å². The number of para-hydroxylation sites is 1. The molecule has 0 radical (unpaired) electrons. The summed E-state index contributed by atoms with van der Waals surface area (Å²) in [5.41, 5.74) is 2.19. The van der Waals surface area contributed by atoms with E-state index in [2.05, 4.69) is 5.32 Å². The molecule has 1 N–H and O–H groups in total. The fourth-order valence-electron chi connectivity index (χ4n) is 2.87. The molecular weight excluding hydrogens is 290 g/mol. The van der Waals surface area contributed by atoms with Crippen LogP contribution in [0.3, 0.4) is 0 Å². The van der Waals surface area contributed by atoms with Crippen LogP contribution in [0.1, 0.15) is 23.5 Å². The predicted octanol–water partition coefficient (Wildman–Crippen LogP) is 3.12. The van der Waals surface area contributed by atoms with E-state index in [-0.39, 0.29) is 11.8 Å². The molecule has 2 unspecified atom stereocenters. The summed E-state index contributed by atoms with van der Waals surface area (Å²) in [6.07, 6.45) is 0.907. The van der Waals surface area contributed by atoms with Crippen molar-refractivity contribution >= 4 is 5.91 Å². The van der Waals surface area contributed by atoms with Crippen molar-refractivity contribution in [1.29, 1.82) is 0 Å². The first kappa shape index (κ1) is 15.4. The SMILES string of the molecule is COc1ccc(C2CC2C(=O)NCc2ccccc2OC)cc1. The molecule has 1 aliphatic rings. The van der Waals surface area contributed by atoms with Gasteiger partial charge >= 0.3 is 0 Å². The van der Waals surface area contributed by atoms with Crippen LogP contribution in [0.25, 0.3) is 0 Å². The second kappa shape index (κ2) is 6.73. The highest BCUT2D eigenvalue weighted by molar-refractivity contribution is 5.82. The molecule has 1 amide bonds. The Balaban J connectivity index is 1.55. The highest BCUT2D eigenvalue weighted by atomic mass is 16.5. The summed E-state index contributed by atoms with van der Waals surface area (Å²) in [6, 6.07) is 15.7. The topological polar surface area (TPSA) is 47.6 Å². The van der Waals surface area contributed by atoms with Crippen molar-refractivity contribution in [3.8, 4) is 11.5 Å². The zero-order valence-corrected chi connectivity index (χ0v) is 13.4. The molecule has 2 aromatic rings. The normalized spacial score (nSPS) is 19.0. The van der Waals surface area contributed by atoms with E-state index in [1.54, 1.807) is 14.2 Å². The number of hydrogen-bond donors (Lipinski definition) is 1. The highest BCUT2D eigenvalue weighted by Crippen LogP contribution is 2.47. The average Bonchev–Trinajstić information content (AvgIpc) is 3.41. The first-order chi connectivity index (χ1) is 11.2. The Morgan fingerprint density at radius 3 is 2.52 bits per heavy atom. The first-order valence-electron chi connectivity index (χ1n) is 7.76. The van der Waals surface area contributed by atoms with Gasteiger partial charge in [-0.3, -0.25) is 4.79 Å². The molecule has 120 valence electrons. The van der Waals surface area contributed by atoms with Gasteiger partial charge in [-0.15, -0.1) is 0 Å². The number of hydrogen-bond acceptors (Lipinski definition) is 3. The third kappa shape index (κ3) is 3.47. The van der Waals surface area contributed by atoms with E-state index in [0.717, 1.165) is 23.5 Å². The molecule has 1 fully saturated rings. The Kier molecular flexibility index (Phi) is 4.51. The fraction of sp³-hybridized carbons (Fsp3) is 0.316. The van der Waals surface area contributed by atoms with Crippen LogP contribution < -0.4 is 14.8 Å². The van der Waals surface area contributed by atoms with Gasteiger partial charge in [-0.2, -0.15) is 0 Å². The molecule has 0 saturated heterocycles. The van der Waals surface area contributed by atoms with Crippen molar-refractivity contribution in [3.05, 3.63) is 59.7 Å². The quantitative estimate of drug-likeness (QED) is 0.891. The smallest absolute Gasteiger partial charge is 0.224 e. The summed E-state index contributed by atoms with van der Waals surface area (Å²) in [6.45, 7) is 0.495. The Morgan fingerprint density at radius 2 is 1.83 bits per heavy atom. The molecule has 0 aromatic heterocycles. The minimum atomic E-state index is 0.0677. The van der Waals surface area contributed by atoms with Gasteiger partial charge in [0.2, 0.25) is 5.91 Å². The van der Waals surface area contributed by atoms with Crippen LogP contribution in [0.4, 0.5) is 0 Å². The van der Waals surface area contributed by atoms with Gasteiger partial charge < -0.3 is 14.8 Å². The molecule has 0 bridgehead atoms. The van der Waals surface area contributed by atoms with Crippen molar-refractivity contribution in [2.24, 2.45) is 5.92 Å². The van der Waals surface area contributed by atoms with Gasteiger partial charge in [-0.1, -0.05) is 30.3 Å². The van der Waals surface area contributed by atoms with Crippen LogP contribution in [0, 0.1) is 5.92 Å². The molecule has 0 heterocycles. The zero-order chi connectivity index (χ0) is 16.2. The Morgan fingerprint density at radius 1 is 1.09 bits per heavy atom. The predicted molar refractivity (Wildman–Crippen MR) is 88.7 cm³/mol. The van der Waals surface area contributed by atoms with Crippen LogP contribution in [0.5, 0.6) is 11.5 Å². The number of methoxy groups -OCH3 is 2. The lowest BCUT2D eigenvalue weighted by Crippen LogP contribution is -2.25. The van der Waals surface area contributed by atoms with E-state index in [1.165, 1.54) is 5.56 Å². The molecule has 1 saturated carbocycles. The number of amides is 1. The number of carbonyl (C=O) groups excluding carboxylic acids is 1. The van der Waals surface area contributed by atoms with E-state index in [4.69, 9.17) is 9.47 Å². The van der Waals surface area contributed by atoms with Gasteiger partial charge in [0.25, 0.3) is 0 Å². The van der Waals surface area contributed by atoms with Crippen molar-refractivity contribution < 1.29 is 14.3 Å². The Labute approximate surface area is 136 Å². The number of benzene rings is 2. The van der Waals surface area contributed by atoms with Crippen LogP contribution in [0.15, 0.2) is 48.5 Å². The minimum absolute atomic E-state index is 0.0677. The molecule has 1 aliphatic carbocycles. The maximum atomic E-state index is 12.3. The summed E-state index contributed by atoms with van der Waals surface area (Å²) in [5.74, 6) is 2.13. The monoisotopic (exact) mass is 311 g/mol. The third-order valence-electron chi connectivity index (χ3n) is 4.32. The largest absolute Gasteiger partial charge is 0.497 e. The molecule has 3 rings (SSSR count). The van der Waals surface area contributed by atoms with E-state index in [9.17, 15) is 4.79 Å². The number of carbonyl (C=O) groups is 1. The van der Waals surface area contributed by atoms with Crippen LogP contribution in [0.2, 0.25) is 0 Å². The summed E-state index contributed by atoms with van der Waals surface area (Å²) < 4.78 is 10.5. The standard InChI is InChI=1S/C19H21NO3/c1-22-15-9-7-13(8-10-15)16-11-17(16)19(21)20-12-14-5-3-4-6-18(14)23-2/h3-10,16-17H,11-12H2,1-2H3,(H,20,21). The Bertz CT molecular complexity index is 681.